The lowest BCUT2D eigenvalue weighted by atomic mass is 10.1. The van der Waals surface area contributed by atoms with E-state index in [0.717, 1.165) is 27.9 Å². The molecule has 0 bridgehead atoms. The van der Waals surface area contributed by atoms with Crippen LogP contribution in [0.2, 0.25) is 0 Å². The summed E-state index contributed by atoms with van der Waals surface area (Å²) in [6.45, 7) is 1.52. The first kappa shape index (κ1) is 19.3. The number of aromatic nitrogens is 2. The standard InChI is InChI=1S/C20H16F3N3O2/c1-13-5-7-14(8-6-13)17-9-10-19(28)26(25-17)12-18(27)24-16-4-2-3-15(11-16)20(21,22)23/h2-11H,12H2,1H3,(H,24,27). The van der Waals surface area contributed by atoms with Crippen LogP contribution in [0.3, 0.4) is 0 Å². The summed E-state index contributed by atoms with van der Waals surface area (Å²) in [6.07, 6.45) is -4.51. The number of hydrogen-bond acceptors (Lipinski definition) is 3. The molecule has 144 valence electrons. The van der Waals surface area contributed by atoms with E-state index in [1.807, 2.05) is 31.2 Å². The van der Waals surface area contributed by atoms with Crippen molar-refractivity contribution in [2.45, 2.75) is 19.6 Å². The number of hydrogen-bond donors (Lipinski definition) is 1. The second-order valence-corrected chi connectivity index (χ2v) is 6.21. The number of halogens is 3. The lowest BCUT2D eigenvalue weighted by Gasteiger charge is -2.11. The van der Waals surface area contributed by atoms with Gasteiger partial charge in [0.2, 0.25) is 5.91 Å². The maximum Gasteiger partial charge on any atom is 0.416 e. The predicted molar refractivity (Wildman–Crippen MR) is 98.7 cm³/mol. The molecule has 1 amide bonds. The van der Waals surface area contributed by atoms with Crippen molar-refractivity contribution in [1.82, 2.24) is 9.78 Å². The molecule has 0 unspecified atom stereocenters. The molecule has 0 saturated heterocycles. The van der Waals surface area contributed by atoms with Gasteiger partial charge < -0.3 is 5.32 Å². The molecule has 0 fully saturated rings. The molecule has 0 aliphatic carbocycles. The summed E-state index contributed by atoms with van der Waals surface area (Å²) in [6, 6.07) is 14.6. The normalized spacial score (nSPS) is 11.3. The van der Waals surface area contributed by atoms with E-state index < -0.39 is 29.8 Å². The van der Waals surface area contributed by atoms with Crippen molar-refractivity contribution in [3.8, 4) is 11.3 Å². The van der Waals surface area contributed by atoms with E-state index in [9.17, 15) is 22.8 Å². The van der Waals surface area contributed by atoms with Crippen molar-refractivity contribution in [3.05, 3.63) is 82.1 Å². The molecule has 0 aliphatic heterocycles. The van der Waals surface area contributed by atoms with Crippen molar-refractivity contribution < 1.29 is 18.0 Å². The van der Waals surface area contributed by atoms with E-state index in [0.29, 0.717) is 5.69 Å². The molecule has 0 atom stereocenters. The van der Waals surface area contributed by atoms with Crippen molar-refractivity contribution >= 4 is 11.6 Å². The van der Waals surface area contributed by atoms with Gasteiger partial charge in [0.25, 0.3) is 5.56 Å². The van der Waals surface area contributed by atoms with E-state index >= 15 is 0 Å². The van der Waals surface area contributed by atoms with Crippen LogP contribution in [0.15, 0.2) is 65.5 Å². The number of rotatable bonds is 4. The van der Waals surface area contributed by atoms with E-state index in [4.69, 9.17) is 0 Å². The van der Waals surface area contributed by atoms with Gasteiger partial charge >= 0.3 is 6.18 Å². The van der Waals surface area contributed by atoms with E-state index in [-0.39, 0.29) is 5.69 Å². The molecule has 8 heteroatoms. The van der Waals surface area contributed by atoms with Crippen molar-refractivity contribution in [2.75, 3.05) is 5.32 Å². The Morgan fingerprint density at radius 1 is 1.07 bits per heavy atom. The van der Waals surface area contributed by atoms with Gasteiger partial charge in [-0.25, -0.2) is 4.68 Å². The van der Waals surface area contributed by atoms with Crippen LogP contribution in [-0.2, 0) is 17.5 Å². The van der Waals surface area contributed by atoms with Crippen LogP contribution < -0.4 is 10.9 Å². The van der Waals surface area contributed by atoms with E-state index in [2.05, 4.69) is 10.4 Å². The van der Waals surface area contributed by atoms with Crippen LogP contribution in [-0.4, -0.2) is 15.7 Å². The van der Waals surface area contributed by atoms with Gasteiger partial charge in [-0.05, 0) is 31.2 Å². The third-order valence-corrected chi connectivity index (χ3v) is 3.98. The number of nitrogens with zero attached hydrogens (tertiary/aromatic N) is 2. The number of aryl methyl sites for hydroxylation is 1. The zero-order valence-electron chi connectivity index (χ0n) is 14.8. The van der Waals surface area contributed by atoms with Crippen molar-refractivity contribution in [1.29, 1.82) is 0 Å². The highest BCUT2D eigenvalue weighted by Crippen LogP contribution is 2.30. The first-order valence-electron chi connectivity index (χ1n) is 8.35. The molecule has 0 radical (unpaired) electrons. The van der Waals surface area contributed by atoms with Crippen LogP contribution in [0, 0.1) is 6.92 Å². The van der Waals surface area contributed by atoms with Crippen molar-refractivity contribution in [3.63, 3.8) is 0 Å². The number of nitrogens with one attached hydrogen (secondary N) is 1. The molecule has 1 heterocycles. The predicted octanol–water partition coefficient (Wildman–Crippen LogP) is 3.88. The topological polar surface area (TPSA) is 64.0 Å². The van der Waals surface area contributed by atoms with Crippen LogP contribution >= 0.6 is 0 Å². The minimum atomic E-state index is -4.51. The molecular weight excluding hydrogens is 371 g/mol. The molecule has 5 nitrogen and oxygen atoms in total. The molecule has 1 N–H and O–H groups in total. The summed E-state index contributed by atoms with van der Waals surface area (Å²) in [5.41, 5.74) is 0.973. The van der Waals surface area contributed by atoms with Crippen LogP contribution in [0.4, 0.5) is 18.9 Å². The summed E-state index contributed by atoms with van der Waals surface area (Å²) in [7, 11) is 0. The fourth-order valence-electron chi connectivity index (χ4n) is 2.55. The minimum Gasteiger partial charge on any atom is -0.324 e. The quantitative estimate of drug-likeness (QED) is 0.739. The second-order valence-electron chi connectivity index (χ2n) is 6.21. The number of benzene rings is 2. The van der Waals surface area contributed by atoms with Gasteiger partial charge in [-0.3, -0.25) is 9.59 Å². The molecule has 0 spiro atoms. The largest absolute Gasteiger partial charge is 0.416 e. The maximum absolute atomic E-state index is 12.8. The van der Waals surface area contributed by atoms with E-state index in [1.165, 1.54) is 18.2 Å². The molecule has 28 heavy (non-hydrogen) atoms. The number of amides is 1. The number of alkyl halides is 3. The number of carbonyl (C=O) groups excluding carboxylic acids is 1. The second kappa shape index (κ2) is 7.67. The third kappa shape index (κ3) is 4.64. The number of carbonyl (C=O) groups is 1. The zero-order chi connectivity index (χ0) is 20.3. The summed E-state index contributed by atoms with van der Waals surface area (Å²) in [5, 5.41) is 6.53. The van der Waals surface area contributed by atoms with Crippen LogP contribution in [0.25, 0.3) is 11.3 Å². The molecule has 0 aliphatic rings. The molecule has 3 aromatic rings. The smallest absolute Gasteiger partial charge is 0.324 e. The average molecular weight is 387 g/mol. The van der Waals surface area contributed by atoms with E-state index in [1.54, 1.807) is 6.07 Å². The summed E-state index contributed by atoms with van der Waals surface area (Å²) in [5.74, 6) is -0.657. The van der Waals surface area contributed by atoms with Crippen LogP contribution in [0.5, 0.6) is 0 Å². The molecule has 2 aromatic carbocycles. The summed E-state index contributed by atoms with van der Waals surface area (Å²) >= 11 is 0. The highest BCUT2D eigenvalue weighted by atomic mass is 19.4. The molecule has 3 rings (SSSR count). The zero-order valence-corrected chi connectivity index (χ0v) is 14.8. The molecule has 0 saturated carbocycles. The minimum absolute atomic E-state index is 0.0115. The first-order chi connectivity index (χ1) is 13.2. The van der Waals surface area contributed by atoms with Gasteiger partial charge in [-0.15, -0.1) is 0 Å². The Balaban J connectivity index is 1.78. The highest BCUT2D eigenvalue weighted by Gasteiger charge is 2.30. The third-order valence-electron chi connectivity index (χ3n) is 3.98. The average Bonchev–Trinajstić information content (AvgIpc) is 2.64. The Bertz CT molecular complexity index is 1060. The fourth-order valence-corrected chi connectivity index (χ4v) is 2.55. The summed E-state index contributed by atoms with van der Waals surface area (Å²) in [4.78, 5) is 24.2. The molecular formula is C20H16F3N3O2. The Labute approximate surface area is 158 Å². The van der Waals surface area contributed by atoms with Crippen molar-refractivity contribution in [2.24, 2.45) is 0 Å². The number of anilines is 1. The van der Waals surface area contributed by atoms with Gasteiger partial charge in [-0.1, -0.05) is 35.9 Å². The lowest BCUT2D eigenvalue weighted by molar-refractivity contribution is -0.137. The Hall–Kier alpha value is -3.42. The Morgan fingerprint density at radius 2 is 1.79 bits per heavy atom. The highest BCUT2D eigenvalue weighted by molar-refractivity contribution is 5.90. The van der Waals surface area contributed by atoms with Gasteiger partial charge in [0, 0.05) is 17.3 Å². The SMILES string of the molecule is Cc1ccc(-c2ccc(=O)n(CC(=O)Nc3cccc(C(F)(F)F)c3)n2)cc1. The first-order valence-corrected chi connectivity index (χ1v) is 8.35. The maximum atomic E-state index is 12.8. The monoisotopic (exact) mass is 387 g/mol. The lowest BCUT2D eigenvalue weighted by Crippen LogP contribution is -2.29. The van der Waals surface area contributed by atoms with Gasteiger partial charge in [0.05, 0.1) is 11.3 Å². The van der Waals surface area contributed by atoms with Gasteiger partial charge in [0.1, 0.15) is 6.54 Å². The Morgan fingerprint density at radius 3 is 2.46 bits per heavy atom. The van der Waals surface area contributed by atoms with Gasteiger partial charge in [0.15, 0.2) is 0 Å². The summed E-state index contributed by atoms with van der Waals surface area (Å²) < 4.78 is 39.3. The Kier molecular flexibility index (Phi) is 5.30. The van der Waals surface area contributed by atoms with Crippen LogP contribution in [0.1, 0.15) is 11.1 Å². The molecule has 1 aromatic heterocycles. The fraction of sp³-hybridized carbons (Fsp3) is 0.150. The van der Waals surface area contributed by atoms with Gasteiger partial charge in [-0.2, -0.15) is 18.3 Å².